The summed E-state index contributed by atoms with van der Waals surface area (Å²) in [7, 11) is 3.06. The third-order valence-corrected chi connectivity index (χ3v) is 7.80. The van der Waals surface area contributed by atoms with Crippen LogP contribution in [0, 0.1) is 0 Å². The Morgan fingerprint density at radius 3 is 2.33 bits per heavy atom. The number of furan rings is 1. The highest BCUT2D eigenvalue weighted by Crippen LogP contribution is 2.36. The van der Waals surface area contributed by atoms with Gasteiger partial charge in [-0.2, -0.15) is 0 Å². The number of carbonyl (C=O) groups is 2. The second kappa shape index (κ2) is 12.5. The van der Waals surface area contributed by atoms with E-state index in [1.54, 1.807) is 81.4 Å². The summed E-state index contributed by atoms with van der Waals surface area (Å²) in [5, 5.41) is 0. The molecule has 10 nitrogen and oxygen atoms in total. The summed E-state index contributed by atoms with van der Waals surface area (Å²) in [5.41, 5.74) is 2.22. The molecule has 0 amide bonds. The maximum atomic E-state index is 13.9. The summed E-state index contributed by atoms with van der Waals surface area (Å²) in [5.74, 6) is 1.05. The zero-order chi connectivity index (χ0) is 30.7. The quantitative estimate of drug-likeness (QED) is 0.261. The van der Waals surface area contributed by atoms with Gasteiger partial charge in [-0.1, -0.05) is 29.5 Å². The molecule has 2 aromatic heterocycles. The van der Waals surface area contributed by atoms with Crippen LogP contribution in [0.5, 0.6) is 11.5 Å². The van der Waals surface area contributed by atoms with Gasteiger partial charge in [-0.25, -0.2) is 14.6 Å². The summed E-state index contributed by atoms with van der Waals surface area (Å²) in [6.45, 7) is 5.67. The Morgan fingerprint density at radius 2 is 1.65 bits per heavy atom. The van der Waals surface area contributed by atoms with E-state index in [-0.39, 0.29) is 17.7 Å². The van der Waals surface area contributed by atoms with Gasteiger partial charge in [0, 0.05) is 11.6 Å². The normalized spacial score (nSPS) is 14.6. The third kappa shape index (κ3) is 5.76. The van der Waals surface area contributed by atoms with E-state index in [1.165, 1.54) is 30.1 Å². The molecule has 0 saturated carbocycles. The van der Waals surface area contributed by atoms with E-state index >= 15 is 0 Å². The van der Waals surface area contributed by atoms with Gasteiger partial charge in [0.05, 0.1) is 54.8 Å². The Hall–Kier alpha value is -4.90. The fourth-order valence-corrected chi connectivity index (χ4v) is 5.86. The minimum absolute atomic E-state index is 0.172. The number of benzene rings is 2. The number of carbonyl (C=O) groups excluding carboxylic acids is 2. The first-order chi connectivity index (χ1) is 20.8. The molecule has 0 fully saturated rings. The molecule has 222 valence electrons. The van der Waals surface area contributed by atoms with Crippen molar-refractivity contribution in [3.05, 3.63) is 102 Å². The van der Waals surface area contributed by atoms with Crippen molar-refractivity contribution in [2.45, 2.75) is 26.8 Å². The van der Waals surface area contributed by atoms with E-state index in [2.05, 4.69) is 4.99 Å². The van der Waals surface area contributed by atoms with Gasteiger partial charge in [-0.15, -0.1) is 0 Å². The fourth-order valence-electron chi connectivity index (χ4n) is 4.83. The van der Waals surface area contributed by atoms with Crippen LogP contribution in [0.25, 0.3) is 17.4 Å². The molecule has 11 heteroatoms. The Kier molecular flexibility index (Phi) is 8.63. The second-order valence-electron chi connectivity index (χ2n) is 9.42. The Bertz CT molecular complexity index is 1900. The number of allylic oxidation sites excluding steroid dienone is 1. The molecule has 1 aliphatic rings. The highest BCUT2D eigenvalue weighted by molar-refractivity contribution is 7.07. The number of fused-ring (bicyclic) bond motifs is 1. The van der Waals surface area contributed by atoms with Crippen molar-refractivity contribution in [1.29, 1.82) is 0 Å². The molecule has 0 spiro atoms. The third-order valence-electron chi connectivity index (χ3n) is 6.82. The van der Waals surface area contributed by atoms with Gasteiger partial charge in [0.15, 0.2) is 16.3 Å². The SMILES string of the molecule is CCOC(=O)C1=C(C)N=c2sc(=Cc3ccc(-c4ccc(C(=O)OCC)cc4)o3)c(=O)n2C1c1ccc(OC)c(OC)c1. The lowest BCUT2D eigenvalue weighted by Crippen LogP contribution is -2.39. The number of aromatic nitrogens is 1. The van der Waals surface area contributed by atoms with E-state index in [0.717, 1.165) is 5.56 Å². The van der Waals surface area contributed by atoms with Crippen molar-refractivity contribution >= 4 is 29.4 Å². The smallest absolute Gasteiger partial charge is 0.338 e. The van der Waals surface area contributed by atoms with Crippen LogP contribution in [0.3, 0.4) is 0 Å². The molecule has 1 aliphatic heterocycles. The van der Waals surface area contributed by atoms with Crippen molar-refractivity contribution in [3.8, 4) is 22.8 Å². The topological polar surface area (TPSA) is 119 Å². The number of rotatable bonds is 9. The van der Waals surface area contributed by atoms with Crippen LogP contribution in [0.4, 0.5) is 0 Å². The molecule has 1 atom stereocenters. The van der Waals surface area contributed by atoms with Crippen molar-refractivity contribution in [3.63, 3.8) is 0 Å². The van der Waals surface area contributed by atoms with Crippen LogP contribution in [-0.4, -0.2) is 43.9 Å². The molecular formula is C32H30N2O8S. The number of ether oxygens (including phenoxy) is 4. The first-order valence-electron chi connectivity index (χ1n) is 13.6. The van der Waals surface area contributed by atoms with Crippen LogP contribution in [0.15, 0.2) is 80.1 Å². The summed E-state index contributed by atoms with van der Waals surface area (Å²) in [6.07, 6.45) is 1.65. The van der Waals surface area contributed by atoms with Crippen LogP contribution in [-0.2, 0) is 14.3 Å². The van der Waals surface area contributed by atoms with Crippen LogP contribution < -0.4 is 24.4 Å². The molecule has 0 saturated heterocycles. The number of methoxy groups -OCH3 is 2. The highest BCUT2D eigenvalue weighted by Gasteiger charge is 2.34. The predicted molar refractivity (Wildman–Crippen MR) is 160 cm³/mol. The lowest BCUT2D eigenvalue weighted by molar-refractivity contribution is -0.139. The second-order valence-corrected chi connectivity index (χ2v) is 10.4. The number of thiazole rings is 1. The minimum Gasteiger partial charge on any atom is -0.493 e. The molecular weight excluding hydrogens is 572 g/mol. The minimum atomic E-state index is -0.803. The van der Waals surface area contributed by atoms with Gasteiger partial charge in [-0.05, 0) is 62.7 Å². The molecule has 4 aromatic rings. The van der Waals surface area contributed by atoms with Crippen molar-refractivity contribution in [2.24, 2.45) is 4.99 Å². The molecule has 43 heavy (non-hydrogen) atoms. The summed E-state index contributed by atoms with van der Waals surface area (Å²) < 4.78 is 29.2. The van der Waals surface area contributed by atoms with Gasteiger partial charge in [-0.3, -0.25) is 9.36 Å². The van der Waals surface area contributed by atoms with Crippen LogP contribution in [0.2, 0.25) is 0 Å². The van der Waals surface area contributed by atoms with Gasteiger partial charge >= 0.3 is 11.9 Å². The molecule has 5 rings (SSSR count). The van der Waals surface area contributed by atoms with Crippen LogP contribution >= 0.6 is 11.3 Å². The Morgan fingerprint density at radius 1 is 0.953 bits per heavy atom. The molecule has 3 heterocycles. The van der Waals surface area contributed by atoms with Crippen molar-refractivity contribution < 1.29 is 33.0 Å². The summed E-state index contributed by atoms with van der Waals surface area (Å²) in [6, 6.07) is 14.9. The average Bonchev–Trinajstić information content (AvgIpc) is 3.60. The lowest BCUT2D eigenvalue weighted by Gasteiger charge is -2.25. The molecule has 1 unspecified atom stereocenters. The largest absolute Gasteiger partial charge is 0.493 e. The maximum absolute atomic E-state index is 13.9. The molecule has 0 radical (unpaired) electrons. The molecule has 0 bridgehead atoms. The van der Waals surface area contributed by atoms with E-state index in [0.29, 0.717) is 55.8 Å². The Balaban J connectivity index is 1.57. The molecule has 2 aromatic carbocycles. The number of hydrogen-bond acceptors (Lipinski definition) is 10. The predicted octanol–water partition coefficient (Wildman–Crippen LogP) is 4.25. The van der Waals surface area contributed by atoms with Crippen LogP contribution in [0.1, 0.15) is 48.5 Å². The van der Waals surface area contributed by atoms with Gasteiger partial charge in [0.25, 0.3) is 5.56 Å². The molecule has 0 aliphatic carbocycles. The van der Waals surface area contributed by atoms with Gasteiger partial charge in [0.2, 0.25) is 0 Å². The monoisotopic (exact) mass is 602 g/mol. The average molecular weight is 603 g/mol. The summed E-state index contributed by atoms with van der Waals surface area (Å²) >= 11 is 1.19. The maximum Gasteiger partial charge on any atom is 0.338 e. The Labute approximate surface area is 251 Å². The first-order valence-corrected chi connectivity index (χ1v) is 14.4. The number of esters is 2. The van der Waals surface area contributed by atoms with Gasteiger partial charge in [0.1, 0.15) is 11.5 Å². The van der Waals surface area contributed by atoms with Gasteiger partial charge < -0.3 is 23.4 Å². The zero-order valence-electron chi connectivity index (χ0n) is 24.3. The fraction of sp³-hybridized carbons (Fsp3) is 0.250. The number of nitrogens with zero attached hydrogens (tertiary/aromatic N) is 2. The van der Waals surface area contributed by atoms with Crippen molar-refractivity contribution in [1.82, 2.24) is 4.57 Å². The highest BCUT2D eigenvalue weighted by atomic mass is 32.1. The van der Waals surface area contributed by atoms with E-state index < -0.39 is 18.0 Å². The first kappa shape index (κ1) is 29.6. The van der Waals surface area contributed by atoms with E-state index in [1.807, 2.05) is 0 Å². The van der Waals surface area contributed by atoms with Crippen molar-refractivity contribution in [2.75, 3.05) is 27.4 Å². The summed E-state index contributed by atoms with van der Waals surface area (Å²) in [4.78, 5) is 44.1. The van der Waals surface area contributed by atoms with E-state index in [9.17, 15) is 14.4 Å². The standard InChI is InChI=1S/C32H30N2O8S/c1-6-40-30(36)20-10-8-19(9-11-20)23-15-13-22(42-23)17-26-29(35)34-28(21-12-14-24(38-4)25(16-21)39-5)27(31(37)41-7-2)18(3)33-32(34)43-26/h8-17,28H,6-7H2,1-5H3. The lowest BCUT2D eigenvalue weighted by atomic mass is 9.95. The van der Waals surface area contributed by atoms with E-state index in [4.69, 9.17) is 23.4 Å². The zero-order valence-corrected chi connectivity index (χ0v) is 25.2. The molecule has 0 N–H and O–H groups in total. The number of hydrogen-bond donors (Lipinski definition) is 0.